The number of nitrogens with zero attached hydrogens (tertiary/aromatic N) is 4. The maximum atomic E-state index is 12.5. The molecule has 152 valence electrons. The summed E-state index contributed by atoms with van der Waals surface area (Å²) in [4.78, 5) is 26.4. The monoisotopic (exact) mass is 379 g/mol. The van der Waals surface area contributed by atoms with Gasteiger partial charge in [0.1, 0.15) is 5.60 Å². The van der Waals surface area contributed by atoms with E-state index in [1.807, 2.05) is 20.8 Å². The van der Waals surface area contributed by atoms with Crippen molar-refractivity contribution in [3.8, 4) is 0 Å². The van der Waals surface area contributed by atoms with Crippen LogP contribution in [0, 0.1) is 11.8 Å². The van der Waals surface area contributed by atoms with Crippen LogP contribution in [0.2, 0.25) is 0 Å². The van der Waals surface area contributed by atoms with Crippen molar-refractivity contribution in [3.63, 3.8) is 0 Å². The number of carbonyl (C=O) groups excluding carboxylic acids is 2. The number of hydrogen-bond donors (Lipinski definition) is 1. The number of aromatic nitrogens is 3. The van der Waals surface area contributed by atoms with Crippen LogP contribution in [0.15, 0.2) is 12.4 Å². The van der Waals surface area contributed by atoms with Crippen molar-refractivity contribution in [3.05, 3.63) is 12.4 Å². The van der Waals surface area contributed by atoms with Crippen LogP contribution in [0.1, 0.15) is 53.9 Å². The fourth-order valence-corrected chi connectivity index (χ4v) is 3.13. The number of ether oxygens (including phenoxy) is 1. The van der Waals surface area contributed by atoms with E-state index < -0.39 is 5.60 Å². The zero-order valence-corrected chi connectivity index (χ0v) is 17.1. The lowest BCUT2D eigenvalue weighted by atomic mass is 9.93. The summed E-state index contributed by atoms with van der Waals surface area (Å²) < 4.78 is 7.16. The fourth-order valence-electron chi connectivity index (χ4n) is 3.13. The van der Waals surface area contributed by atoms with E-state index in [1.165, 1.54) is 0 Å². The first-order valence-corrected chi connectivity index (χ1v) is 9.75. The fraction of sp³-hybridized carbons (Fsp3) is 0.789. The normalized spacial score (nSPS) is 17.0. The van der Waals surface area contributed by atoms with Gasteiger partial charge in [0.15, 0.2) is 0 Å². The van der Waals surface area contributed by atoms with E-state index in [2.05, 4.69) is 29.5 Å². The van der Waals surface area contributed by atoms with Gasteiger partial charge in [-0.25, -0.2) is 4.79 Å². The summed E-state index contributed by atoms with van der Waals surface area (Å²) in [7, 11) is 0. The molecule has 8 heteroatoms. The number of hydrogen-bond acceptors (Lipinski definition) is 5. The first kappa shape index (κ1) is 21.2. The van der Waals surface area contributed by atoms with E-state index in [-0.39, 0.29) is 18.0 Å². The van der Waals surface area contributed by atoms with Crippen molar-refractivity contribution in [2.24, 2.45) is 11.8 Å². The van der Waals surface area contributed by atoms with E-state index in [0.717, 1.165) is 12.8 Å². The van der Waals surface area contributed by atoms with E-state index >= 15 is 0 Å². The highest BCUT2D eigenvalue weighted by molar-refractivity contribution is 5.76. The molecule has 2 heterocycles. The first-order valence-electron chi connectivity index (χ1n) is 9.75. The smallest absolute Gasteiger partial charge is 0.410 e. The van der Waals surface area contributed by atoms with Crippen LogP contribution in [-0.2, 0) is 16.1 Å². The van der Waals surface area contributed by atoms with Crippen LogP contribution in [0.4, 0.5) is 4.79 Å². The van der Waals surface area contributed by atoms with Crippen LogP contribution in [0.3, 0.4) is 0 Å². The van der Waals surface area contributed by atoms with Crippen LogP contribution in [-0.4, -0.2) is 56.6 Å². The Morgan fingerprint density at radius 3 is 2.44 bits per heavy atom. The third-order valence-electron chi connectivity index (χ3n) is 4.75. The van der Waals surface area contributed by atoms with Gasteiger partial charge in [-0.1, -0.05) is 19.1 Å². The number of carbonyl (C=O) groups is 2. The van der Waals surface area contributed by atoms with Crippen molar-refractivity contribution in [2.45, 2.75) is 72.1 Å². The van der Waals surface area contributed by atoms with Gasteiger partial charge in [0, 0.05) is 25.7 Å². The van der Waals surface area contributed by atoms with Gasteiger partial charge in [0.25, 0.3) is 0 Å². The minimum atomic E-state index is -0.482. The first-order chi connectivity index (χ1) is 12.6. The molecule has 0 bridgehead atoms. The maximum Gasteiger partial charge on any atom is 0.410 e. The van der Waals surface area contributed by atoms with Crippen LogP contribution in [0.25, 0.3) is 0 Å². The van der Waals surface area contributed by atoms with Gasteiger partial charge >= 0.3 is 6.09 Å². The Bertz CT molecular complexity index is 601. The molecule has 0 aromatic carbocycles. The molecule has 1 atom stereocenters. The zero-order valence-electron chi connectivity index (χ0n) is 17.1. The summed E-state index contributed by atoms with van der Waals surface area (Å²) in [5.41, 5.74) is -0.482. The van der Waals surface area contributed by atoms with Crippen molar-refractivity contribution >= 4 is 12.0 Å². The molecule has 1 aliphatic rings. The Balaban J connectivity index is 1.77. The average molecular weight is 380 g/mol. The molecule has 1 aromatic heterocycles. The number of nitrogens with one attached hydrogen (secondary N) is 1. The molecule has 1 saturated heterocycles. The lowest BCUT2D eigenvalue weighted by Crippen LogP contribution is -2.44. The Morgan fingerprint density at radius 1 is 1.26 bits per heavy atom. The topological polar surface area (TPSA) is 89.4 Å². The molecular formula is C19H33N5O3. The summed E-state index contributed by atoms with van der Waals surface area (Å²) in [6.45, 7) is 11.7. The average Bonchev–Trinajstić information content (AvgIpc) is 3.06. The molecule has 0 unspecified atom stereocenters. The quantitative estimate of drug-likeness (QED) is 0.820. The van der Waals surface area contributed by atoms with Crippen LogP contribution in [0.5, 0.6) is 0 Å². The minimum absolute atomic E-state index is 0.0149. The third kappa shape index (κ3) is 7.19. The highest BCUT2D eigenvalue weighted by Gasteiger charge is 2.28. The standard InChI is InChI=1S/C19H33N5O3/c1-14(2)16(13-24-11-8-20-22-24)21-17(25)12-15-6-9-23(10-7-15)18(26)27-19(3,4)5/h8,11,14-16H,6-7,9-10,12-13H2,1-5H3,(H,21,25)/t16-/m1/s1. The predicted octanol–water partition coefficient (Wildman–Crippen LogP) is 2.46. The molecule has 0 radical (unpaired) electrons. The van der Waals surface area contributed by atoms with Gasteiger partial charge in [0.2, 0.25) is 5.91 Å². The van der Waals surface area contributed by atoms with E-state index in [0.29, 0.717) is 37.9 Å². The van der Waals surface area contributed by atoms with Gasteiger partial charge in [-0.3, -0.25) is 9.48 Å². The Hall–Kier alpha value is -2.12. The summed E-state index contributed by atoms with van der Waals surface area (Å²) in [6, 6.07) is 0.0149. The molecule has 27 heavy (non-hydrogen) atoms. The predicted molar refractivity (Wildman–Crippen MR) is 102 cm³/mol. The number of rotatable bonds is 6. The lowest BCUT2D eigenvalue weighted by molar-refractivity contribution is -0.123. The molecule has 2 rings (SSSR count). The van der Waals surface area contributed by atoms with Crippen molar-refractivity contribution in [1.82, 2.24) is 25.2 Å². The molecule has 0 aliphatic carbocycles. The largest absolute Gasteiger partial charge is 0.444 e. The Kier molecular flexibility index (Phi) is 7.21. The molecular weight excluding hydrogens is 346 g/mol. The third-order valence-corrected chi connectivity index (χ3v) is 4.75. The van der Waals surface area contributed by atoms with E-state index in [1.54, 1.807) is 22.0 Å². The number of amides is 2. The maximum absolute atomic E-state index is 12.5. The van der Waals surface area contributed by atoms with Crippen molar-refractivity contribution in [1.29, 1.82) is 0 Å². The van der Waals surface area contributed by atoms with Gasteiger partial charge in [-0.2, -0.15) is 0 Å². The minimum Gasteiger partial charge on any atom is -0.444 e. The van der Waals surface area contributed by atoms with Crippen LogP contribution >= 0.6 is 0 Å². The van der Waals surface area contributed by atoms with Crippen molar-refractivity contribution in [2.75, 3.05) is 13.1 Å². The lowest BCUT2D eigenvalue weighted by Gasteiger charge is -2.33. The molecule has 0 saturated carbocycles. The van der Waals surface area contributed by atoms with Crippen LogP contribution < -0.4 is 5.32 Å². The highest BCUT2D eigenvalue weighted by Crippen LogP contribution is 2.22. The van der Waals surface area contributed by atoms with E-state index in [9.17, 15) is 9.59 Å². The molecule has 2 amide bonds. The van der Waals surface area contributed by atoms with Gasteiger partial charge in [-0.15, -0.1) is 5.10 Å². The number of likely N-dealkylation sites (tertiary alicyclic amines) is 1. The molecule has 1 aliphatic heterocycles. The van der Waals surface area contributed by atoms with E-state index in [4.69, 9.17) is 4.74 Å². The second-order valence-corrected chi connectivity index (χ2v) is 8.66. The Morgan fingerprint density at radius 2 is 1.93 bits per heavy atom. The molecule has 0 spiro atoms. The molecule has 8 nitrogen and oxygen atoms in total. The summed E-state index contributed by atoms with van der Waals surface area (Å²) in [5.74, 6) is 0.652. The van der Waals surface area contributed by atoms with Crippen molar-refractivity contribution < 1.29 is 14.3 Å². The van der Waals surface area contributed by atoms with Gasteiger partial charge in [0.05, 0.1) is 18.8 Å². The summed E-state index contributed by atoms with van der Waals surface area (Å²) in [5, 5.41) is 10.9. The summed E-state index contributed by atoms with van der Waals surface area (Å²) >= 11 is 0. The summed E-state index contributed by atoms with van der Waals surface area (Å²) in [6.07, 6.45) is 5.30. The highest BCUT2D eigenvalue weighted by atomic mass is 16.6. The molecule has 1 N–H and O–H groups in total. The SMILES string of the molecule is CC(C)[C@@H](Cn1ccnn1)NC(=O)CC1CCN(C(=O)OC(C)(C)C)CC1. The Labute approximate surface area is 161 Å². The second kappa shape index (κ2) is 9.19. The molecule has 1 fully saturated rings. The zero-order chi connectivity index (χ0) is 20.0. The number of piperidine rings is 1. The van der Waals surface area contributed by atoms with Gasteiger partial charge in [-0.05, 0) is 45.4 Å². The van der Waals surface area contributed by atoms with Gasteiger partial charge < -0.3 is 15.0 Å². The molecule has 1 aromatic rings. The second-order valence-electron chi connectivity index (χ2n) is 8.66.